The molecule has 0 spiro atoms. The van der Waals surface area contributed by atoms with Crippen molar-refractivity contribution in [1.82, 2.24) is 4.98 Å². The molecule has 32 heavy (non-hydrogen) atoms. The number of alkyl halides is 3. The number of hydrogen-bond acceptors (Lipinski definition) is 7. The van der Waals surface area contributed by atoms with Gasteiger partial charge in [0.25, 0.3) is 11.6 Å². The average Bonchev–Trinajstić information content (AvgIpc) is 3.39. The van der Waals surface area contributed by atoms with Crippen molar-refractivity contribution in [2.75, 3.05) is 11.5 Å². The second-order valence-electron chi connectivity index (χ2n) is 6.93. The van der Waals surface area contributed by atoms with E-state index in [1.54, 1.807) is 0 Å². The number of carbonyl (C=O) groups is 2. The summed E-state index contributed by atoms with van der Waals surface area (Å²) < 4.78 is 45.4. The van der Waals surface area contributed by atoms with Gasteiger partial charge < -0.3 is 4.74 Å². The number of amides is 1. The van der Waals surface area contributed by atoms with Crippen molar-refractivity contribution >= 4 is 45.6 Å². The van der Waals surface area contributed by atoms with Crippen LogP contribution in [-0.2, 0) is 10.9 Å². The molecule has 2 aromatic rings. The highest BCUT2D eigenvalue weighted by Crippen LogP contribution is 2.40. The van der Waals surface area contributed by atoms with Crippen LogP contribution >= 0.6 is 22.9 Å². The van der Waals surface area contributed by atoms with Crippen molar-refractivity contribution in [3.05, 3.63) is 49.5 Å². The lowest BCUT2D eigenvalue weighted by Gasteiger charge is -2.26. The summed E-state index contributed by atoms with van der Waals surface area (Å²) in [5.41, 5.74) is -2.07. The molecular weight excluding hydrogens is 475 g/mol. The van der Waals surface area contributed by atoms with E-state index in [4.69, 9.17) is 16.3 Å². The number of ether oxygens (including phenoxy) is 1. The molecule has 0 unspecified atom stereocenters. The van der Waals surface area contributed by atoms with Gasteiger partial charge >= 0.3 is 12.1 Å². The summed E-state index contributed by atoms with van der Waals surface area (Å²) in [6.45, 7) is 1.32. The Bertz CT molecular complexity index is 1050. The molecule has 1 aliphatic rings. The highest BCUT2D eigenvalue weighted by molar-refractivity contribution is 7.17. The molecule has 0 radical (unpaired) electrons. The van der Waals surface area contributed by atoms with Crippen molar-refractivity contribution in [2.45, 2.75) is 44.8 Å². The topological polar surface area (TPSA) is 103 Å². The van der Waals surface area contributed by atoms with Crippen LogP contribution in [0.1, 0.15) is 58.3 Å². The number of benzene rings is 1. The zero-order valence-corrected chi connectivity index (χ0v) is 18.2. The first-order valence-electron chi connectivity index (χ1n) is 9.57. The normalized spacial score (nSPS) is 14.4. The van der Waals surface area contributed by atoms with E-state index in [1.807, 2.05) is 0 Å². The molecule has 0 aliphatic heterocycles. The molecule has 172 valence electrons. The lowest BCUT2D eigenvalue weighted by atomic mass is 10.1. The molecule has 1 aliphatic carbocycles. The first kappa shape index (κ1) is 23.9. The molecule has 1 aromatic carbocycles. The fourth-order valence-electron chi connectivity index (χ4n) is 3.44. The Morgan fingerprint density at radius 3 is 2.56 bits per heavy atom. The van der Waals surface area contributed by atoms with Crippen molar-refractivity contribution in [3.63, 3.8) is 0 Å². The van der Waals surface area contributed by atoms with E-state index in [1.165, 1.54) is 19.1 Å². The van der Waals surface area contributed by atoms with Gasteiger partial charge in [-0.2, -0.15) is 13.2 Å². The van der Waals surface area contributed by atoms with E-state index < -0.39 is 45.3 Å². The lowest BCUT2D eigenvalue weighted by molar-refractivity contribution is -0.384. The van der Waals surface area contributed by atoms with Crippen LogP contribution in [0.2, 0.25) is 5.02 Å². The van der Waals surface area contributed by atoms with Crippen LogP contribution in [0.4, 0.5) is 24.0 Å². The van der Waals surface area contributed by atoms with E-state index in [-0.39, 0.29) is 22.3 Å². The molecule has 1 fully saturated rings. The van der Waals surface area contributed by atoms with Crippen LogP contribution in [0.15, 0.2) is 18.2 Å². The average molecular weight is 492 g/mol. The zero-order chi connectivity index (χ0) is 23.6. The minimum atomic E-state index is -4.94. The number of nitrogens with zero attached hydrogens (tertiary/aromatic N) is 3. The number of carbonyl (C=O) groups excluding carboxylic acids is 2. The molecule has 13 heteroatoms. The Kier molecular flexibility index (Phi) is 7.03. The molecule has 1 heterocycles. The van der Waals surface area contributed by atoms with Crippen LogP contribution in [-0.4, -0.2) is 34.4 Å². The third kappa shape index (κ3) is 4.85. The number of thiazole rings is 1. The van der Waals surface area contributed by atoms with Crippen molar-refractivity contribution < 1.29 is 32.4 Å². The smallest absolute Gasteiger partial charge is 0.435 e. The van der Waals surface area contributed by atoms with Crippen LogP contribution in [0, 0.1) is 10.1 Å². The third-order valence-corrected chi connectivity index (χ3v) is 6.20. The molecule has 0 N–H and O–H groups in total. The SMILES string of the molecule is CCOC(=O)c1sc(N(C(=O)c2ccc(Cl)c([N+](=O)[O-])c2)C2CCCC2)nc1C(F)(F)F. The minimum absolute atomic E-state index is 0.130. The predicted molar refractivity (Wildman–Crippen MR) is 110 cm³/mol. The van der Waals surface area contributed by atoms with Gasteiger partial charge in [0.1, 0.15) is 9.90 Å². The monoisotopic (exact) mass is 491 g/mol. The zero-order valence-electron chi connectivity index (χ0n) is 16.6. The lowest BCUT2D eigenvalue weighted by Crippen LogP contribution is -2.39. The number of aromatic nitrogens is 1. The summed E-state index contributed by atoms with van der Waals surface area (Å²) in [6.07, 6.45) is -2.43. The van der Waals surface area contributed by atoms with Crippen LogP contribution in [0.5, 0.6) is 0 Å². The van der Waals surface area contributed by atoms with Crippen LogP contribution in [0.25, 0.3) is 0 Å². The molecule has 0 atom stereocenters. The summed E-state index contributed by atoms with van der Waals surface area (Å²) in [7, 11) is 0. The van der Waals surface area contributed by atoms with E-state index in [0.29, 0.717) is 24.2 Å². The van der Waals surface area contributed by atoms with Gasteiger partial charge in [-0.15, -0.1) is 0 Å². The molecule has 0 bridgehead atoms. The number of hydrogen-bond donors (Lipinski definition) is 0. The minimum Gasteiger partial charge on any atom is -0.462 e. The fourth-order valence-corrected chi connectivity index (χ4v) is 4.67. The fraction of sp³-hybridized carbons (Fsp3) is 0.421. The van der Waals surface area contributed by atoms with Gasteiger partial charge in [-0.1, -0.05) is 35.8 Å². The Morgan fingerprint density at radius 1 is 1.34 bits per heavy atom. The third-order valence-electron chi connectivity index (χ3n) is 4.85. The molecule has 1 amide bonds. The number of rotatable bonds is 6. The molecule has 8 nitrogen and oxygen atoms in total. The molecule has 1 saturated carbocycles. The summed E-state index contributed by atoms with van der Waals surface area (Å²) >= 11 is 6.21. The largest absolute Gasteiger partial charge is 0.462 e. The van der Waals surface area contributed by atoms with Crippen LogP contribution in [0.3, 0.4) is 0 Å². The molecule has 0 saturated heterocycles. The van der Waals surface area contributed by atoms with Gasteiger partial charge in [-0.3, -0.25) is 19.8 Å². The maximum absolute atomic E-state index is 13.6. The van der Waals surface area contributed by atoms with Gasteiger partial charge in [-0.25, -0.2) is 9.78 Å². The summed E-state index contributed by atoms with van der Waals surface area (Å²) in [4.78, 5) is 39.8. The predicted octanol–water partition coefficient (Wildman–Crippen LogP) is 5.49. The maximum atomic E-state index is 13.6. The van der Waals surface area contributed by atoms with Gasteiger partial charge in [-0.05, 0) is 31.9 Å². The van der Waals surface area contributed by atoms with Gasteiger partial charge in [0.15, 0.2) is 10.8 Å². The Labute approximate surface area is 189 Å². The van der Waals surface area contributed by atoms with Crippen molar-refractivity contribution in [1.29, 1.82) is 0 Å². The second-order valence-corrected chi connectivity index (χ2v) is 8.31. The number of nitro benzene ring substituents is 1. The van der Waals surface area contributed by atoms with Crippen molar-refractivity contribution in [2.24, 2.45) is 0 Å². The van der Waals surface area contributed by atoms with E-state index in [2.05, 4.69) is 4.98 Å². The number of nitro groups is 1. The summed E-state index contributed by atoms with van der Waals surface area (Å²) in [6, 6.07) is 2.92. The Morgan fingerprint density at radius 2 is 2.00 bits per heavy atom. The molecule has 3 rings (SSSR count). The quantitative estimate of drug-likeness (QED) is 0.301. The highest BCUT2D eigenvalue weighted by atomic mass is 35.5. The van der Waals surface area contributed by atoms with E-state index in [0.717, 1.165) is 23.8 Å². The number of esters is 1. The maximum Gasteiger partial charge on any atom is 0.435 e. The molecular formula is C19H17ClF3N3O5S. The van der Waals surface area contributed by atoms with Gasteiger partial charge in [0, 0.05) is 17.7 Å². The van der Waals surface area contributed by atoms with E-state index >= 15 is 0 Å². The van der Waals surface area contributed by atoms with Crippen LogP contribution < -0.4 is 4.90 Å². The van der Waals surface area contributed by atoms with Crippen molar-refractivity contribution in [3.8, 4) is 0 Å². The molecule has 1 aromatic heterocycles. The first-order valence-corrected chi connectivity index (χ1v) is 10.8. The standard InChI is InChI=1S/C19H17ClF3N3O5S/c1-2-31-17(28)14-15(19(21,22)23)24-18(32-14)25(11-5-3-4-6-11)16(27)10-7-8-12(20)13(9-10)26(29)30/h7-9,11H,2-6H2,1H3. The Balaban J connectivity index is 2.11. The highest BCUT2D eigenvalue weighted by Gasteiger charge is 2.42. The van der Waals surface area contributed by atoms with E-state index in [9.17, 15) is 32.9 Å². The number of halogens is 4. The number of anilines is 1. The summed E-state index contributed by atoms with van der Waals surface area (Å²) in [5, 5.41) is 10.7. The van der Waals surface area contributed by atoms with Gasteiger partial charge in [0.05, 0.1) is 11.5 Å². The van der Waals surface area contributed by atoms with Gasteiger partial charge in [0.2, 0.25) is 0 Å². The Hall–Kier alpha value is -2.73. The second kappa shape index (κ2) is 9.41. The first-order chi connectivity index (χ1) is 15.0. The summed E-state index contributed by atoms with van der Waals surface area (Å²) in [5.74, 6) is -1.96.